The van der Waals surface area contributed by atoms with E-state index in [1.165, 1.54) is 12.8 Å². The van der Waals surface area contributed by atoms with Crippen LogP contribution in [-0.4, -0.2) is 37.7 Å². The molecule has 3 unspecified atom stereocenters. The maximum Gasteiger partial charge on any atom is 0.249 e. The Hall–Kier alpha value is -0.610. The van der Waals surface area contributed by atoms with Gasteiger partial charge in [-0.2, -0.15) is 0 Å². The van der Waals surface area contributed by atoms with E-state index >= 15 is 0 Å². The quantitative estimate of drug-likeness (QED) is 0.743. The molecule has 0 radical (unpaired) electrons. The Labute approximate surface area is 97.1 Å². The van der Waals surface area contributed by atoms with Crippen molar-refractivity contribution in [2.75, 3.05) is 19.7 Å². The van der Waals surface area contributed by atoms with E-state index in [0.29, 0.717) is 12.0 Å². The molecule has 3 atom stereocenters. The number of piperidine rings is 1. The first-order valence-electron chi connectivity index (χ1n) is 6.38. The number of hydrogen-bond acceptors (Lipinski definition) is 3. The third-order valence-corrected chi connectivity index (χ3v) is 3.55. The van der Waals surface area contributed by atoms with Crippen molar-refractivity contribution in [1.82, 2.24) is 10.6 Å². The van der Waals surface area contributed by atoms with Gasteiger partial charge in [0.05, 0.1) is 0 Å². The van der Waals surface area contributed by atoms with Crippen molar-refractivity contribution in [3.63, 3.8) is 0 Å². The minimum atomic E-state index is -0.185. The minimum Gasteiger partial charge on any atom is -0.368 e. The highest BCUT2D eigenvalue weighted by atomic mass is 16.5. The SMILES string of the molecule is CC1CCC(CNC(=O)C2CCCO2)CN1. The lowest BCUT2D eigenvalue weighted by molar-refractivity contribution is -0.130. The third-order valence-electron chi connectivity index (χ3n) is 3.55. The summed E-state index contributed by atoms with van der Waals surface area (Å²) in [4.78, 5) is 11.7. The summed E-state index contributed by atoms with van der Waals surface area (Å²) in [5.74, 6) is 0.665. The van der Waals surface area contributed by atoms with Crippen molar-refractivity contribution >= 4 is 5.91 Å². The van der Waals surface area contributed by atoms with Gasteiger partial charge < -0.3 is 15.4 Å². The van der Waals surface area contributed by atoms with E-state index in [9.17, 15) is 4.79 Å². The Morgan fingerprint density at radius 3 is 2.94 bits per heavy atom. The number of rotatable bonds is 3. The van der Waals surface area contributed by atoms with E-state index in [1.54, 1.807) is 0 Å². The molecule has 0 aromatic carbocycles. The second kappa shape index (κ2) is 5.64. The maximum atomic E-state index is 11.7. The van der Waals surface area contributed by atoms with E-state index in [4.69, 9.17) is 4.74 Å². The number of carbonyl (C=O) groups excluding carboxylic acids is 1. The Morgan fingerprint density at radius 2 is 2.31 bits per heavy atom. The van der Waals surface area contributed by atoms with Crippen LogP contribution in [0.15, 0.2) is 0 Å². The van der Waals surface area contributed by atoms with E-state index < -0.39 is 0 Å². The lowest BCUT2D eigenvalue weighted by Gasteiger charge is -2.28. The van der Waals surface area contributed by atoms with Gasteiger partial charge in [-0.05, 0) is 45.1 Å². The van der Waals surface area contributed by atoms with E-state index in [2.05, 4.69) is 17.6 Å². The van der Waals surface area contributed by atoms with E-state index in [-0.39, 0.29) is 12.0 Å². The zero-order chi connectivity index (χ0) is 11.4. The first-order valence-corrected chi connectivity index (χ1v) is 6.38. The second-order valence-corrected chi connectivity index (χ2v) is 5.00. The molecule has 2 aliphatic heterocycles. The van der Waals surface area contributed by atoms with Gasteiger partial charge >= 0.3 is 0 Å². The van der Waals surface area contributed by atoms with E-state index in [0.717, 1.165) is 32.5 Å². The number of carbonyl (C=O) groups is 1. The molecule has 92 valence electrons. The molecule has 0 bridgehead atoms. The number of hydrogen-bond donors (Lipinski definition) is 2. The molecule has 2 N–H and O–H groups in total. The van der Waals surface area contributed by atoms with Crippen LogP contribution in [0.5, 0.6) is 0 Å². The first kappa shape index (κ1) is 11.9. The van der Waals surface area contributed by atoms with Gasteiger partial charge in [-0.15, -0.1) is 0 Å². The van der Waals surface area contributed by atoms with Crippen LogP contribution in [0.1, 0.15) is 32.6 Å². The number of ether oxygens (including phenoxy) is 1. The molecular formula is C12H22N2O2. The fourth-order valence-electron chi connectivity index (χ4n) is 2.38. The fraction of sp³-hybridized carbons (Fsp3) is 0.917. The highest BCUT2D eigenvalue weighted by molar-refractivity contribution is 5.80. The first-order chi connectivity index (χ1) is 7.75. The van der Waals surface area contributed by atoms with Gasteiger partial charge in [0.2, 0.25) is 5.91 Å². The summed E-state index contributed by atoms with van der Waals surface area (Å²) >= 11 is 0. The molecule has 2 heterocycles. The van der Waals surface area contributed by atoms with Crippen molar-refractivity contribution < 1.29 is 9.53 Å². The minimum absolute atomic E-state index is 0.0797. The molecule has 1 amide bonds. The Kier molecular flexibility index (Phi) is 4.18. The monoisotopic (exact) mass is 226 g/mol. The van der Waals surface area contributed by atoms with Gasteiger partial charge in [-0.1, -0.05) is 0 Å². The predicted molar refractivity (Wildman–Crippen MR) is 62.2 cm³/mol. The normalized spacial score (nSPS) is 34.9. The topological polar surface area (TPSA) is 50.4 Å². The fourth-order valence-corrected chi connectivity index (χ4v) is 2.38. The third kappa shape index (κ3) is 3.19. The second-order valence-electron chi connectivity index (χ2n) is 5.00. The molecule has 0 aromatic heterocycles. The molecule has 16 heavy (non-hydrogen) atoms. The van der Waals surface area contributed by atoms with Crippen molar-refractivity contribution in [2.24, 2.45) is 5.92 Å². The van der Waals surface area contributed by atoms with Crippen LogP contribution in [0.25, 0.3) is 0 Å². The smallest absolute Gasteiger partial charge is 0.249 e. The summed E-state index contributed by atoms with van der Waals surface area (Å²) in [6.07, 6.45) is 4.13. The van der Waals surface area contributed by atoms with Gasteiger partial charge in [0.1, 0.15) is 6.10 Å². The van der Waals surface area contributed by atoms with Crippen LogP contribution in [-0.2, 0) is 9.53 Å². The van der Waals surface area contributed by atoms with Crippen molar-refractivity contribution in [3.8, 4) is 0 Å². The van der Waals surface area contributed by atoms with Crippen molar-refractivity contribution in [2.45, 2.75) is 44.8 Å². The van der Waals surface area contributed by atoms with Crippen LogP contribution in [0.2, 0.25) is 0 Å². The van der Waals surface area contributed by atoms with Gasteiger partial charge in [0, 0.05) is 19.2 Å². The summed E-state index contributed by atoms with van der Waals surface area (Å²) < 4.78 is 5.34. The molecule has 0 spiro atoms. The summed E-state index contributed by atoms with van der Waals surface area (Å²) in [6, 6.07) is 0.630. The van der Waals surface area contributed by atoms with Crippen LogP contribution >= 0.6 is 0 Å². The van der Waals surface area contributed by atoms with Crippen LogP contribution in [0.3, 0.4) is 0 Å². The molecule has 0 saturated carbocycles. The Morgan fingerprint density at radius 1 is 1.44 bits per heavy atom. The Bertz CT molecular complexity index is 231. The average molecular weight is 226 g/mol. The lowest BCUT2D eigenvalue weighted by atomic mass is 9.95. The maximum absolute atomic E-state index is 11.7. The summed E-state index contributed by atoms with van der Waals surface area (Å²) in [5.41, 5.74) is 0. The molecule has 2 saturated heterocycles. The van der Waals surface area contributed by atoms with Crippen LogP contribution in [0, 0.1) is 5.92 Å². The summed E-state index contributed by atoms with van der Waals surface area (Å²) in [6.45, 7) is 4.76. The molecule has 4 nitrogen and oxygen atoms in total. The van der Waals surface area contributed by atoms with Gasteiger partial charge in [-0.3, -0.25) is 4.79 Å². The molecular weight excluding hydrogens is 204 g/mol. The molecule has 0 aliphatic carbocycles. The molecule has 2 fully saturated rings. The highest BCUT2D eigenvalue weighted by Gasteiger charge is 2.24. The number of nitrogens with one attached hydrogen (secondary N) is 2. The van der Waals surface area contributed by atoms with E-state index in [1.807, 2.05) is 0 Å². The predicted octanol–water partition coefficient (Wildman–Crippen LogP) is 0.670. The van der Waals surface area contributed by atoms with Gasteiger partial charge in [0.25, 0.3) is 0 Å². The average Bonchev–Trinajstić information content (AvgIpc) is 2.81. The standard InChI is InChI=1S/C12H22N2O2/c1-9-4-5-10(7-13-9)8-14-12(15)11-3-2-6-16-11/h9-11,13H,2-8H2,1H3,(H,14,15). The van der Waals surface area contributed by atoms with Crippen molar-refractivity contribution in [3.05, 3.63) is 0 Å². The Balaban J connectivity index is 1.65. The summed E-state index contributed by atoms with van der Waals surface area (Å²) in [5, 5.41) is 6.45. The molecule has 2 rings (SSSR count). The zero-order valence-corrected chi connectivity index (χ0v) is 10.00. The largest absolute Gasteiger partial charge is 0.368 e. The molecule has 0 aromatic rings. The van der Waals surface area contributed by atoms with Gasteiger partial charge in [0.15, 0.2) is 0 Å². The highest BCUT2D eigenvalue weighted by Crippen LogP contribution is 2.14. The van der Waals surface area contributed by atoms with Crippen molar-refractivity contribution in [1.29, 1.82) is 0 Å². The van der Waals surface area contributed by atoms with Crippen LogP contribution in [0.4, 0.5) is 0 Å². The number of amides is 1. The molecule has 2 aliphatic rings. The van der Waals surface area contributed by atoms with Crippen LogP contribution < -0.4 is 10.6 Å². The molecule has 4 heteroatoms. The lowest BCUT2D eigenvalue weighted by Crippen LogP contribution is -2.44. The van der Waals surface area contributed by atoms with Gasteiger partial charge in [-0.25, -0.2) is 0 Å². The summed E-state index contributed by atoms with van der Waals surface area (Å²) in [7, 11) is 0. The zero-order valence-electron chi connectivity index (χ0n) is 10.00.